The van der Waals surface area contributed by atoms with Crippen LogP contribution >= 0.6 is 0 Å². The van der Waals surface area contributed by atoms with Crippen LogP contribution in [0.5, 0.6) is 0 Å². The summed E-state index contributed by atoms with van der Waals surface area (Å²) < 4.78 is 0. The van der Waals surface area contributed by atoms with Gasteiger partial charge in [-0.2, -0.15) is 0 Å². The average Bonchev–Trinajstić information content (AvgIpc) is 3.04. The lowest BCUT2D eigenvalue weighted by Crippen LogP contribution is -2.32. The average molecular weight is 309 g/mol. The van der Waals surface area contributed by atoms with Crippen LogP contribution in [0.1, 0.15) is 47.2 Å². The molecule has 1 fully saturated rings. The Hall–Kier alpha value is -2.36. The maximum atomic E-state index is 12.3. The summed E-state index contributed by atoms with van der Waals surface area (Å²) in [4.78, 5) is 16.5. The third-order valence-electron chi connectivity index (χ3n) is 4.49. The topological polar surface area (TPSA) is 54.0 Å². The standard InChI is InChI=1S/C19H23N3O/c1-13-7-8-17(9-14(13)2)21-18-10-15(11-20-12-18)19(23)22-16-5-3-4-6-16/h7-12,16,21H,3-6H2,1-2H3,(H,22,23). The molecule has 3 rings (SSSR count). The number of benzene rings is 1. The first-order chi connectivity index (χ1) is 11.1. The first-order valence-corrected chi connectivity index (χ1v) is 8.22. The van der Waals surface area contributed by atoms with Gasteiger partial charge in [-0.15, -0.1) is 0 Å². The molecule has 0 atom stereocenters. The van der Waals surface area contributed by atoms with Gasteiger partial charge >= 0.3 is 0 Å². The van der Waals surface area contributed by atoms with Gasteiger partial charge in [-0.25, -0.2) is 0 Å². The molecule has 1 saturated carbocycles. The minimum atomic E-state index is -0.0341. The Morgan fingerprint density at radius 1 is 1.04 bits per heavy atom. The summed E-state index contributed by atoms with van der Waals surface area (Å²) in [5, 5.41) is 6.41. The number of nitrogens with one attached hydrogen (secondary N) is 2. The fourth-order valence-electron chi connectivity index (χ4n) is 2.96. The Balaban J connectivity index is 1.71. The van der Waals surface area contributed by atoms with Gasteiger partial charge in [0.2, 0.25) is 0 Å². The van der Waals surface area contributed by atoms with Crippen molar-refractivity contribution in [2.75, 3.05) is 5.32 Å². The van der Waals surface area contributed by atoms with Gasteiger partial charge in [0.25, 0.3) is 5.91 Å². The number of pyridine rings is 1. The summed E-state index contributed by atoms with van der Waals surface area (Å²) in [5.41, 5.74) is 4.93. The van der Waals surface area contributed by atoms with Crippen molar-refractivity contribution in [3.8, 4) is 0 Å². The molecule has 23 heavy (non-hydrogen) atoms. The number of carbonyl (C=O) groups is 1. The summed E-state index contributed by atoms with van der Waals surface area (Å²) in [6, 6.07) is 8.39. The van der Waals surface area contributed by atoms with E-state index in [-0.39, 0.29) is 5.91 Å². The highest BCUT2D eigenvalue weighted by molar-refractivity contribution is 5.95. The Kier molecular flexibility index (Phi) is 4.60. The smallest absolute Gasteiger partial charge is 0.253 e. The molecule has 4 nitrogen and oxygen atoms in total. The predicted molar refractivity (Wildman–Crippen MR) is 93.2 cm³/mol. The fourth-order valence-corrected chi connectivity index (χ4v) is 2.96. The van der Waals surface area contributed by atoms with Gasteiger partial charge in [0.05, 0.1) is 17.4 Å². The molecule has 1 heterocycles. The lowest BCUT2D eigenvalue weighted by Gasteiger charge is -2.13. The Labute approximate surface area is 137 Å². The van der Waals surface area contributed by atoms with E-state index < -0.39 is 0 Å². The molecule has 0 aliphatic heterocycles. The van der Waals surface area contributed by atoms with E-state index in [0.29, 0.717) is 11.6 Å². The van der Waals surface area contributed by atoms with Crippen molar-refractivity contribution in [2.24, 2.45) is 0 Å². The van der Waals surface area contributed by atoms with Gasteiger partial charge in [0.1, 0.15) is 0 Å². The van der Waals surface area contributed by atoms with Crippen LogP contribution in [0.4, 0.5) is 11.4 Å². The van der Waals surface area contributed by atoms with Crippen LogP contribution in [0, 0.1) is 13.8 Å². The van der Waals surface area contributed by atoms with Gasteiger partial charge in [0, 0.05) is 17.9 Å². The van der Waals surface area contributed by atoms with Crippen molar-refractivity contribution in [1.29, 1.82) is 0 Å². The van der Waals surface area contributed by atoms with Crippen LogP contribution in [0.25, 0.3) is 0 Å². The molecule has 2 N–H and O–H groups in total. The van der Waals surface area contributed by atoms with Crippen molar-refractivity contribution in [2.45, 2.75) is 45.6 Å². The van der Waals surface area contributed by atoms with Crippen LogP contribution < -0.4 is 10.6 Å². The SMILES string of the molecule is Cc1ccc(Nc2cncc(C(=O)NC3CCCC3)c2)cc1C. The van der Waals surface area contributed by atoms with Crippen molar-refractivity contribution in [3.05, 3.63) is 53.3 Å². The zero-order valence-electron chi connectivity index (χ0n) is 13.7. The summed E-state index contributed by atoms with van der Waals surface area (Å²) in [6.45, 7) is 4.18. The van der Waals surface area contributed by atoms with Crippen molar-refractivity contribution in [1.82, 2.24) is 10.3 Å². The molecular formula is C19H23N3O. The minimum absolute atomic E-state index is 0.0341. The third-order valence-corrected chi connectivity index (χ3v) is 4.49. The minimum Gasteiger partial charge on any atom is -0.354 e. The molecule has 1 aromatic carbocycles. The maximum Gasteiger partial charge on any atom is 0.253 e. The van der Waals surface area contributed by atoms with E-state index in [1.807, 2.05) is 12.1 Å². The number of carbonyl (C=O) groups excluding carboxylic acids is 1. The largest absolute Gasteiger partial charge is 0.354 e. The molecule has 0 radical (unpaired) electrons. The summed E-state index contributed by atoms with van der Waals surface area (Å²) >= 11 is 0. The van der Waals surface area contributed by atoms with E-state index in [0.717, 1.165) is 24.2 Å². The van der Waals surface area contributed by atoms with Crippen molar-refractivity contribution < 1.29 is 4.79 Å². The van der Waals surface area contributed by atoms with Gasteiger partial charge in [-0.05, 0) is 56.0 Å². The molecule has 1 aromatic heterocycles. The molecule has 1 amide bonds. The molecule has 0 saturated heterocycles. The second kappa shape index (κ2) is 6.82. The normalized spacial score (nSPS) is 14.7. The number of hydrogen-bond acceptors (Lipinski definition) is 3. The van der Waals surface area contributed by atoms with Crippen LogP contribution in [-0.4, -0.2) is 16.9 Å². The van der Waals surface area contributed by atoms with E-state index in [4.69, 9.17) is 0 Å². The van der Waals surface area contributed by atoms with E-state index in [1.165, 1.54) is 24.0 Å². The van der Waals surface area contributed by atoms with Crippen LogP contribution in [0.2, 0.25) is 0 Å². The monoisotopic (exact) mass is 309 g/mol. The van der Waals surface area contributed by atoms with Crippen LogP contribution in [0.3, 0.4) is 0 Å². The van der Waals surface area contributed by atoms with E-state index >= 15 is 0 Å². The van der Waals surface area contributed by atoms with Gasteiger partial charge in [0.15, 0.2) is 0 Å². The van der Waals surface area contributed by atoms with Gasteiger partial charge in [-0.1, -0.05) is 18.9 Å². The van der Waals surface area contributed by atoms with Gasteiger partial charge in [-0.3, -0.25) is 9.78 Å². The maximum absolute atomic E-state index is 12.3. The van der Waals surface area contributed by atoms with Crippen LogP contribution in [-0.2, 0) is 0 Å². The molecule has 0 spiro atoms. The number of anilines is 2. The molecular weight excluding hydrogens is 286 g/mol. The Morgan fingerprint density at radius 2 is 1.83 bits per heavy atom. The summed E-state index contributed by atoms with van der Waals surface area (Å²) in [5.74, 6) is -0.0341. The Morgan fingerprint density at radius 3 is 2.57 bits per heavy atom. The second-order valence-corrected chi connectivity index (χ2v) is 6.34. The molecule has 2 aromatic rings. The fraction of sp³-hybridized carbons (Fsp3) is 0.368. The number of aryl methyl sites for hydroxylation is 2. The zero-order chi connectivity index (χ0) is 16.2. The first kappa shape index (κ1) is 15.5. The third kappa shape index (κ3) is 3.89. The molecule has 120 valence electrons. The van der Waals surface area contributed by atoms with Crippen molar-refractivity contribution in [3.63, 3.8) is 0 Å². The predicted octanol–water partition coefficient (Wildman–Crippen LogP) is 4.11. The summed E-state index contributed by atoms with van der Waals surface area (Å²) in [6.07, 6.45) is 7.94. The van der Waals surface area contributed by atoms with Gasteiger partial charge < -0.3 is 10.6 Å². The zero-order valence-corrected chi connectivity index (χ0v) is 13.7. The Bertz CT molecular complexity index is 706. The molecule has 4 heteroatoms. The molecule has 0 unspecified atom stereocenters. The van der Waals surface area contributed by atoms with Crippen molar-refractivity contribution >= 4 is 17.3 Å². The van der Waals surface area contributed by atoms with E-state index in [2.05, 4.69) is 41.6 Å². The van der Waals surface area contributed by atoms with E-state index in [9.17, 15) is 4.79 Å². The molecule has 0 bridgehead atoms. The highest BCUT2D eigenvalue weighted by Gasteiger charge is 2.18. The summed E-state index contributed by atoms with van der Waals surface area (Å²) in [7, 11) is 0. The molecule has 1 aliphatic carbocycles. The number of aromatic nitrogens is 1. The van der Waals surface area contributed by atoms with E-state index in [1.54, 1.807) is 12.4 Å². The second-order valence-electron chi connectivity index (χ2n) is 6.34. The number of rotatable bonds is 4. The quantitative estimate of drug-likeness (QED) is 0.893. The molecule has 1 aliphatic rings. The highest BCUT2D eigenvalue weighted by atomic mass is 16.1. The number of hydrogen-bond donors (Lipinski definition) is 2. The first-order valence-electron chi connectivity index (χ1n) is 8.22. The number of amides is 1. The lowest BCUT2D eigenvalue weighted by atomic mass is 10.1. The lowest BCUT2D eigenvalue weighted by molar-refractivity contribution is 0.0937. The number of nitrogens with zero attached hydrogens (tertiary/aromatic N) is 1. The highest BCUT2D eigenvalue weighted by Crippen LogP contribution is 2.21. The van der Waals surface area contributed by atoms with Crippen LogP contribution in [0.15, 0.2) is 36.7 Å².